The summed E-state index contributed by atoms with van der Waals surface area (Å²) < 4.78 is 5.20. The van der Waals surface area contributed by atoms with Crippen LogP contribution in [-0.2, 0) is 4.74 Å². The first-order chi connectivity index (χ1) is 7.26. The fourth-order valence-electron chi connectivity index (χ4n) is 1.17. The third-order valence-electron chi connectivity index (χ3n) is 2.02. The second-order valence-corrected chi connectivity index (χ2v) is 5.14. The van der Waals surface area contributed by atoms with Crippen molar-refractivity contribution < 1.29 is 9.53 Å². The van der Waals surface area contributed by atoms with Crippen molar-refractivity contribution >= 4 is 6.09 Å². The van der Waals surface area contributed by atoms with Gasteiger partial charge < -0.3 is 10.1 Å². The first-order valence-electron chi connectivity index (χ1n) is 5.60. The van der Waals surface area contributed by atoms with Gasteiger partial charge in [0.05, 0.1) is 0 Å². The summed E-state index contributed by atoms with van der Waals surface area (Å²) in [5.74, 6) is 0.345. The van der Waals surface area contributed by atoms with Gasteiger partial charge >= 0.3 is 6.09 Å². The van der Waals surface area contributed by atoms with Gasteiger partial charge in [-0.2, -0.15) is 0 Å². The molecule has 0 rings (SSSR count). The fourth-order valence-corrected chi connectivity index (χ4v) is 1.17. The van der Waals surface area contributed by atoms with Crippen molar-refractivity contribution in [1.82, 2.24) is 5.32 Å². The van der Waals surface area contributed by atoms with Crippen LogP contribution in [0.5, 0.6) is 0 Å². The Morgan fingerprint density at radius 3 is 2.44 bits per heavy atom. The van der Waals surface area contributed by atoms with Crippen LogP contribution in [0.3, 0.4) is 0 Å². The first-order valence-corrected chi connectivity index (χ1v) is 5.60. The summed E-state index contributed by atoms with van der Waals surface area (Å²) in [7, 11) is 0. The molecule has 3 nitrogen and oxygen atoms in total. The van der Waals surface area contributed by atoms with E-state index in [-0.39, 0.29) is 12.1 Å². The number of amides is 1. The average Bonchev–Trinajstić information content (AvgIpc) is 2.08. The lowest BCUT2D eigenvalue weighted by Crippen LogP contribution is -2.41. The van der Waals surface area contributed by atoms with Crippen molar-refractivity contribution in [2.75, 3.05) is 0 Å². The van der Waals surface area contributed by atoms with Gasteiger partial charge in [0, 0.05) is 6.04 Å². The predicted octanol–water partition coefficient (Wildman–Crippen LogP) is 3.27. The van der Waals surface area contributed by atoms with Crippen LogP contribution in [0.4, 0.5) is 4.79 Å². The molecular weight excluding hydrogens is 202 g/mol. The summed E-state index contributed by atoms with van der Waals surface area (Å²) >= 11 is 0. The molecule has 0 aliphatic rings. The van der Waals surface area contributed by atoms with E-state index in [2.05, 4.69) is 31.5 Å². The molecule has 0 fully saturated rings. The first kappa shape index (κ1) is 14.8. The van der Waals surface area contributed by atoms with Crippen LogP contribution in [0.1, 0.15) is 41.0 Å². The molecule has 0 aliphatic heterocycles. The molecule has 1 atom stereocenters. The highest BCUT2D eigenvalue weighted by atomic mass is 16.6. The van der Waals surface area contributed by atoms with Gasteiger partial charge in [0.2, 0.25) is 0 Å². The van der Waals surface area contributed by atoms with Crippen molar-refractivity contribution in [2.24, 2.45) is 5.92 Å². The molecule has 0 aromatic heterocycles. The Morgan fingerprint density at radius 2 is 2.06 bits per heavy atom. The molecule has 0 unspecified atom stereocenters. The summed E-state index contributed by atoms with van der Waals surface area (Å²) in [6, 6.07) is 0.0594. The van der Waals surface area contributed by atoms with Crippen molar-refractivity contribution in [3.8, 4) is 0 Å². The number of carbonyl (C=O) groups is 1. The number of hydrogen-bond donors (Lipinski definition) is 1. The summed E-state index contributed by atoms with van der Waals surface area (Å²) in [6.45, 7) is 13.2. The zero-order chi connectivity index (χ0) is 12.8. The van der Waals surface area contributed by atoms with Crippen LogP contribution in [-0.4, -0.2) is 17.7 Å². The Labute approximate surface area is 98.6 Å². The van der Waals surface area contributed by atoms with Gasteiger partial charge in [-0.1, -0.05) is 20.4 Å². The van der Waals surface area contributed by atoms with Gasteiger partial charge in [0.25, 0.3) is 0 Å². The third kappa shape index (κ3) is 7.13. The number of nitrogens with one attached hydrogen (secondary N) is 1. The second-order valence-electron chi connectivity index (χ2n) is 5.14. The molecule has 0 aromatic carbocycles. The number of hydrogen-bond acceptors (Lipinski definition) is 2. The molecule has 0 bridgehead atoms. The van der Waals surface area contributed by atoms with E-state index in [1.54, 1.807) is 0 Å². The van der Waals surface area contributed by atoms with E-state index in [4.69, 9.17) is 4.74 Å². The highest BCUT2D eigenvalue weighted by molar-refractivity contribution is 5.68. The lowest BCUT2D eigenvalue weighted by molar-refractivity contribution is 0.0491. The molecule has 0 saturated carbocycles. The smallest absolute Gasteiger partial charge is 0.407 e. The lowest BCUT2D eigenvalue weighted by Gasteiger charge is -2.24. The molecule has 0 aromatic rings. The summed E-state index contributed by atoms with van der Waals surface area (Å²) in [5.41, 5.74) is 2.25. The van der Waals surface area contributed by atoms with Gasteiger partial charge in [-0.05, 0) is 39.2 Å². The Balaban J connectivity index is 4.29. The molecule has 3 heteroatoms. The molecule has 1 N–H and O–H groups in total. The summed E-state index contributed by atoms with van der Waals surface area (Å²) in [6.07, 6.45) is 2.17. The molecule has 92 valence electrons. The molecule has 0 spiro atoms. The normalized spacial score (nSPS) is 12.9. The summed E-state index contributed by atoms with van der Waals surface area (Å²) in [4.78, 5) is 11.6. The molecule has 0 radical (unpaired) electrons. The largest absolute Gasteiger partial charge is 0.444 e. The van der Waals surface area contributed by atoms with E-state index in [1.807, 2.05) is 26.8 Å². The molecule has 16 heavy (non-hydrogen) atoms. The maximum atomic E-state index is 11.6. The van der Waals surface area contributed by atoms with E-state index in [0.29, 0.717) is 5.92 Å². The lowest BCUT2D eigenvalue weighted by atomic mass is 10.0. The molecule has 0 heterocycles. The minimum absolute atomic E-state index is 0.0594. The van der Waals surface area contributed by atoms with Gasteiger partial charge in [-0.3, -0.25) is 0 Å². The topological polar surface area (TPSA) is 38.3 Å². The predicted molar refractivity (Wildman–Crippen MR) is 66.3 cm³/mol. The van der Waals surface area contributed by atoms with Crippen LogP contribution < -0.4 is 5.32 Å². The summed E-state index contributed by atoms with van der Waals surface area (Å²) in [5, 5.41) is 2.85. The maximum absolute atomic E-state index is 11.6. The minimum Gasteiger partial charge on any atom is -0.444 e. The van der Waals surface area contributed by atoms with Gasteiger partial charge in [-0.15, -0.1) is 5.73 Å². The third-order valence-corrected chi connectivity index (χ3v) is 2.02. The number of rotatable bonds is 4. The van der Waals surface area contributed by atoms with Crippen LogP contribution in [0.15, 0.2) is 18.4 Å². The Kier molecular flexibility index (Phi) is 5.91. The van der Waals surface area contributed by atoms with Crippen LogP contribution in [0.2, 0.25) is 0 Å². The quantitative estimate of drug-likeness (QED) is 0.746. The zero-order valence-electron chi connectivity index (χ0n) is 11.0. The van der Waals surface area contributed by atoms with Crippen LogP contribution in [0.25, 0.3) is 0 Å². The van der Waals surface area contributed by atoms with Crippen molar-refractivity contribution in [1.29, 1.82) is 0 Å². The van der Waals surface area contributed by atoms with Crippen LogP contribution in [0, 0.1) is 5.92 Å². The van der Waals surface area contributed by atoms with E-state index in [1.165, 1.54) is 0 Å². The molecule has 0 aliphatic carbocycles. The fraction of sp³-hybridized carbons (Fsp3) is 0.692. The van der Waals surface area contributed by atoms with Crippen molar-refractivity contribution in [3.05, 3.63) is 18.4 Å². The van der Waals surface area contributed by atoms with Crippen molar-refractivity contribution in [2.45, 2.75) is 52.7 Å². The molecular formula is C13H23NO2. The van der Waals surface area contributed by atoms with E-state index < -0.39 is 5.60 Å². The van der Waals surface area contributed by atoms with Gasteiger partial charge in [0.1, 0.15) is 5.60 Å². The monoisotopic (exact) mass is 225 g/mol. The van der Waals surface area contributed by atoms with Gasteiger partial charge in [0.15, 0.2) is 0 Å². The van der Waals surface area contributed by atoms with Crippen LogP contribution >= 0.6 is 0 Å². The van der Waals surface area contributed by atoms with Gasteiger partial charge in [-0.25, -0.2) is 4.79 Å². The number of carbonyl (C=O) groups excluding carboxylic acids is 1. The Bertz CT molecular complexity index is 270. The molecule has 1 amide bonds. The maximum Gasteiger partial charge on any atom is 0.407 e. The zero-order valence-corrected chi connectivity index (χ0v) is 11.0. The number of ether oxygens (including phenoxy) is 1. The SMILES string of the molecule is C=C=CC[C@@H](NC(=O)OC(C)(C)C)C(C)C. The van der Waals surface area contributed by atoms with E-state index in [0.717, 1.165) is 6.42 Å². The van der Waals surface area contributed by atoms with E-state index in [9.17, 15) is 4.79 Å². The van der Waals surface area contributed by atoms with E-state index >= 15 is 0 Å². The van der Waals surface area contributed by atoms with Crippen molar-refractivity contribution in [3.63, 3.8) is 0 Å². The minimum atomic E-state index is -0.458. The highest BCUT2D eigenvalue weighted by Crippen LogP contribution is 2.10. The highest BCUT2D eigenvalue weighted by Gasteiger charge is 2.20. The Hall–Kier alpha value is -1.21. The second kappa shape index (κ2) is 6.39. The Morgan fingerprint density at radius 1 is 1.50 bits per heavy atom. The number of alkyl carbamates (subject to hydrolysis) is 1. The average molecular weight is 225 g/mol. The molecule has 0 saturated heterocycles. The standard InChI is InChI=1S/C13H23NO2/c1-7-8-9-11(10(2)3)14-12(15)16-13(4,5)6/h8,10-11H,1,9H2,2-6H3,(H,14,15)/t11-/m1/s1.